The fourth-order valence-electron chi connectivity index (χ4n) is 0. The molecule has 0 rings (SSSR count). The van der Waals surface area contributed by atoms with Gasteiger partial charge in [0.15, 0.2) is 0 Å². The molecule has 90 valence electrons. The summed E-state index contributed by atoms with van der Waals surface area (Å²) < 4.78 is 0. The Bertz CT molecular complexity index is 165. The minimum absolute atomic E-state index is 0. The summed E-state index contributed by atoms with van der Waals surface area (Å²) in [6.45, 7) is -2.67. The third-order valence-corrected chi connectivity index (χ3v) is 0.387. The monoisotopic (exact) mass is 294 g/mol. The van der Waals surface area contributed by atoms with Gasteiger partial charge >= 0.3 is 88.7 Å². The Balaban J connectivity index is -0.0000000277. The fraction of sp³-hybridized carbons (Fsp3) is 0.500. The van der Waals surface area contributed by atoms with Crippen LogP contribution in [0.5, 0.6) is 0 Å². The van der Waals surface area contributed by atoms with Gasteiger partial charge in [0.25, 0.3) is 0 Å². The van der Waals surface area contributed by atoms with Gasteiger partial charge in [0.05, 0.1) is 37.7 Å². The summed E-state index contributed by atoms with van der Waals surface area (Å²) in [5.74, 6) is -4.32. The van der Waals surface area contributed by atoms with Gasteiger partial charge in [0.2, 0.25) is 0 Å². The van der Waals surface area contributed by atoms with E-state index in [0.717, 1.165) is 0 Å². The summed E-state index contributed by atoms with van der Waals surface area (Å²) in [6.07, 6.45) is 0. The van der Waals surface area contributed by atoms with Crippen molar-refractivity contribution >= 4 is 17.9 Å². The topological polar surface area (TPSA) is 181 Å². The summed E-state index contributed by atoms with van der Waals surface area (Å²) in [4.78, 5) is 27.0. The molecule has 0 aromatic carbocycles. The first-order chi connectivity index (χ1) is 6.81. The van der Waals surface area contributed by atoms with E-state index in [1.54, 1.807) is 0 Å². The summed E-state index contributed by atoms with van der Waals surface area (Å²) in [5, 5.41) is 49.5. The third-order valence-electron chi connectivity index (χ3n) is 0.387. The van der Waals surface area contributed by atoms with Crippen LogP contribution in [0.1, 0.15) is 0 Å². The molecule has 0 atom stereocenters. The SMILES string of the molecule is O=C([O-])CO.O=C([O-])CO.O=C([O-])CO.[Na+].[Na+].[Na+]. The summed E-state index contributed by atoms with van der Waals surface area (Å²) in [6, 6.07) is 0. The first kappa shape index (κ1) is 36.5. The predicted molar refractivity (Wildman–Crippen MR) is 36.3 cm³/mol. The minimum Gasteiger partial charge on any atom is -0.548 e. The van der Waals surface area contributed by atoms with Gasteiger partial charge in [-0.25, -0.2) is 0 Å². The molecule has 0 aliphatic carbocycles. The number of carboxylic acids is 3. The third kappa shape index (κ3) is 86.3. The number of aliphatic hydroxyl groups excluding tert-OH is 3. The van der Waals surface area contributed by atoms with Crippen LogP contribution in [0.25, 0.3) is 0 Å². The average molecular weight is 294 g/mol. The molecule has 0 aliphatic rings. The van der Waals surface area contributed by atoms with Crippen LogP contribution in [0, 0.1) is 0 Å². The second-order valence-corrected chi connectivity index (χ2v) is 1.59. The molecule has 0 radical (unpaired) electrons. The number of carbonyl (C=O) groups excluding carboxylic acids is 3. The van der Waals surface area contributed by atoms with Gasteiger partial charge in [0, 0.05) is 0 Å². The first-order valence-corrected chi connectivity index (χ1v) is 3.23. The van der Waals surface area contributed by atoms with Crippen molar-refractivity contribution in [1.29, 1.82) is 0 Å². The zero-order chi connectivity index (χ0) is 12.9. The molecule has 0 unspecified atom stereocenters. The maximum absolute atomic E-state index is 9.01. The Kier molecular flexibility index (Phi) is 62.8. The largest absolute Gasteiger partial charge is 1.00 e. The molecule has 0 saturated carbocycles. The average Bonchev–Trinajstić information content (AvgIpc) is 2.19. The van der Waals surface area contributed by atoms with Crippen molar-refractivity contribution in [3.05, 3.63) is 0 Å². The molecule has 0 saturated heterocycles. The van der Waals surface area contributed by atoms with Crippen LogP contribution in [0.4, 0.5) is 0 Å². The van der Waals surface area contributed by atoms with Crippen molar-refractivity contribution in [2.24, 2.45) is 0 Å². The molecular weight excluding hydrogens is 285 g/mol. The van der Waals surface area contributed by atoms with Crippen molar-refractivity contribution in [1.82, 2.24) is 0 Å². The van der Waals surface area contributed by atoms with E-state index < -0.39 is 37.7 Å². The van der Waals surface area contributed by atoms with E-state index in [1.807, 2.05) is 0 Å². The zero-order valence-corrected chi connectivity index (χ0v) is 16.4. The number of carbonyl (C=O) groups is 3. The van der Waals surface area contributed by atoms with Gasteiger partial charge in [-0.3, -0.25) is 0 Å². The van der Waals surface area contributed by atoms with Crippen LogP contribution >= 0.6 is 0 Å². The molecule has 0 heterocycles. The molecule has 0 aromatic rings. The van der Waals surface area contributed by atoms with Crippen LogP contribution in [0.2, 0.25) is 0 Å². The minimum atomic E-state index is -1.44. The van der Waals surface area contributed by atoms with Crippen molar-refractivity contribution in [3.8, 4) is 0 Å². The van der Waals surface area contributed by atoms with Gasteiger partial charge in [0.1, 0.15) is 0 Å². The molecule has 3 N–H and O–H groups in total. The molecule has 9 nitrogen and oxygen atoms in total. The molecule has 18 heavy (non-hydrogen) atoms. The molecular formula is C6H9Na3O9. The molecule has 0 aromatic heterocycles. The van der Waals surface area contributed by atoms with Crippen LogP contribution in [-0.2, 0) is 14.4 Å². The number of aliphatic carboxylic acids is 3. The Morgan fingerprint density at radius 2 is 0.667 bits per heavy atom. The zero-order valence-electron chi connectivity index (χ0n) is 10.4. The fourth-order valence-corrected chi connectivity index (χ4v) is 0. The molecule has 0 spiro atoms. The normalized spacial score (nSPS) is 6.17. The summed E-state index contributed by atoms with van der Waals surface area (Å²) >= 11 is 0. The van der Waals surface area contributed by atoms with Crippen LogP contribution in [0.3, 0.4) is 0 Å². The first-order valence-electron chi connectivity index (χ1n) is 3.23. The Labute approximate surface area is 169 Å². The smallest absolute Gasteiger partial charge is 0.548 e. The van der Waals surface area contributed by atoms with Gasteiger partial charge in [-0.1, -0.05) is 0 Å². The van der Waals surface area contributed by atoms with Crippen LogP contribution in [-0.4, -0.2) is 53.0 Å². The second kappa shape index (κ2) is 31.0. The molecule has 0 bridgehead atoms. The van der Waals surface area contributed by atoms with E-state index >= 15 is 0 Å². The van der Waals surface area contributed by atoms with Gasteiger partial charge < -0.3 is 45.0 Å². The van der Waals surface area contributed by atoms with E-state index in [2.05, 4.69) is 0 Å². The van der Waals surface area contributed by atoms with Crippen molar-refractivity contribution in [2.75, 3.05) is 19.8 Å². The Hall–Kier alpha value is 1.29. The number of aliphatic hydroxyl groups is 3. The van der Waals surface area contributed by atoms with E-state index in [-0.39, 0.29) is 88.7 Å². The maximum atomic E-state index is 9.01. The van der Waals surface area contributed by atoms with Crippen LogP contribution in [0.15, 0.2) is 0 Å². The van der Waals surface area contributed by atoms with Gasteiger partial charge in [-0.15, -0.1) is 0 Å². The molecule has 12 heteroatoms. The van der Waals surface area contributed by atoms with Gasteiger partial charge in [-0.2, -0.15) is 0 Å². The molecule has 0 amide bonds. The maximum Gasteiger partial charge on any atom is 1.00 e. The predicted octanol–water partition coefficient (Wildman–Crippen LogP) is -15.8. The van der Waals surface area contributed by atoms with E-state index in [9.17, 15) is 0 Å². The van der Waals surface area contributed by atoms with Crippen molar-refractivity contribution < 1.29 is 134 Å². The standard InChI is InChI=1S/3C2H4O3.3Na/c3*3-1-2(4)5;;;/h3*3H,1H2,(H,4,5);;;/q;;;3*+1/p-3. The Morgan fingerprint density at radius 1 is 0.611 bits per heavy atom. The van der Waals surface area contributed by atoms with Gasteiger partial charge in [-0.05, 0) is 0 Å². The summed E-state index contributed by atoms with van der Waals surface area (Å²) in [7, 11) is 0. The Morgan fingerprint density at radius 3 is 0.667 bits per heavy atom. The molecule has 0 fully saturated rings. The quantitative estimate of drug-likeness (QED) is 0.425. The summed E-state index contributed by atoms with van der Waals surface area (Å²) in [5.41, 5.74) is 0. The second-order valence-electron chi connectivity index (χ2n) is 1.59. The number of hydrogen-bond donors (Lipinski definition) is 3. The van der Waals surface area contributed by atoms with Crippen molar-refractivity contribution in [2.45, 2.75) is 0 Å². The van der Waals surface area contributed by atoms with Crippen LogP contribution < -0.4 is 104 Å². The molecule has 0 aliphatic heterocycles. The van der Waals surface area contributed by atoms with E-state index in [4.69, 9.17) is 45.0 Å². The number of hydrogen-bond acceptors (Lipinski definition) is 9. The number of carboxylic acid groups (broad SMARTS) is 3. The number of rotatable bonds is 3. The van der Waals surface area contributed by atoms with E-state index in [0.29, 0.717) is 0 Å². The van der Waals surface area contributed by atoms with E-state index in [1.165, 1.54) is 0 Å². The van der Waals surface area contributed by atoms with Crippen molar-refractivity contribution in [3.63, 3.8) is 0 Å².